The highest BCUT2D eigenvalue weighted by molar-refractivity contribution is 9.09. The molecule has 2 rings (SSSR count). The van der Waals surface area contributed by atoms with E-state index in [1.54, 1.807) is 0 Å². The number of fused-ring (bicyclic) bond motifs is 1. The van der Waals surface area contributed by atoms with Gasteiger partial charge < -0.3 is 9.53 Å². The van der Waals surface area contributed by atoms with Gasteiger partial charge in [0.05, 0.1) is 5.92 Å². The number of ether oxygens (including phenoxy) is 1. The molecule has 0 aromatic heterocycles. The van der Waals surface area contributed by atoms with Crippen molar-refractivity contribution in [3.63, 3.8) is 0 Å². The van der Waals surface area contributed by atoms with Crippen molar-refractivity contribution in [1.29, 1.82) is 0 Å². The number of hydrogen-bond acceptors (Lipinski definition) is 2. The van der Waals surface area contributed by atoms with Crippen molar-refractivity contribution < 1.29 is 13.9 Å². The van der Waals surface area contributed by atoms with Crippen LogP contribution in [0.1, 0.15) is 30.9 Å². The Morgan fingerprint density at radius 1 is 1.53 bits per heavy atom. The van der Waals surface area contributed by atoms with Crippen LogP contribution in [-0.2, 0) is 11.2 Å². The SMILES string of the molecule is CC1(C)Oc2c(CCBr)cc(F)cc2C1C=O. The predicted octanol–water partition coefficient (Wildman–Crippen LogP) is 3.22. The van der Waals surface area contributed by atoms with Gasteiger partial charge in [0.1, 0.15) is 23.5 Å². The van der Waals surface area contributed by atoms with E-state index in [-0.39, 0.29) is 5.82 Å². The summed E-state index contributed by atoms with van der Waals surface area (Å²) in [4.78, 5) is 11.2. The second-order valence-electron chi connectivity index (χ2n) is 4.74. The molecule has 2 nitrogen and oxygen atoms in total. The van der Waals surface area contributed by atoms with Gasteiger partial charge in [0.15, 0.2) is 0 Å². The molecule has 1 unspecified atom stereocenters. The van der Waals surface area contributed by atoms with Gasteiger partial charge in [-0.1, -0.05) is 15.9 Å². The van der Waals surface area contributed by atoms with E-state index in [9.17, 15) is 9.18 Å². The highest BCUT2D eigenvalue weighted by atomic mass is 79.9. The third kappa shape index (κ3) is 2.10. The molecule has 1 atom stereocenters. The van der Waals surface area contributed by atoms with E-state index in [0.29, 0.717) is 17.7 Å². The van der Waals surface area contributed by atoms with E-state index in [2.05, 4.69) is 15.9 Å². The second-order valence-corrected chi connectivity index (χ2v) is 5.53. The Morgan fingerprint density at radius 2 is 2.24 bits per heavy atom. The first-order valence-electron chi connectivity index (χ1n) is 5.52. The molecule has 0 aliphatic carbocycles. The Hall–Kier alpha value is -0.900. The van der Waals surface area contributed by atoms with E-state index in [0.717, 1.165) is 17.2 Å². The Labute approximate surface area is 108 Å². The molecule has 1 heterocycles. The molecule has 0 amide bonds. The van der Waals surface area contributed by atoms with Gasteiger partial charge in [0, 0.05) is 10.9 Å². The van der Waals surface area contributed by atoms with Crippen LogP contribution in [0.3, 0.4) is 0 Å². The lowest BCUT2D eigenvalue weighted by Gasteiger charge is -2.22. The third-order valence-corrected chi connectivity index (χ3v) is 3.50. The molecule has 1 aliphatic rings. The predicted molar refractivity (Wildman–Crippen MR) is 67.4 cm³/mol. The number of benzene rings is 1. The Morgan fingerprint density at radius 3 is 2.82 bits per heavy atom. The smallest absolute Gasteiger partial charge is 0.131 e. The first-order valence-corrected chi connectivity index (χ1v) is 6.64. The van der Waals surface area contributed by atoms with Gasteiger partial charge in [-0.25, -0.2) is 4.39 Å². The monoisotopic (exact) mass is 300 g/mol. The molecular formula is C13H14BrFO2. The van der Waals surface area contributed by atoms with Crippen LogP contribution in [-0.4, -0.2) is 17.2 Å². The zero-order valence-electron chi connectivity index (χ0n) is 9.80. The van der Waals surface area contributed by atoms with Crippen molar-refractivity contribution in [2.45, 2.75) is 31.8 Å². The minimum absolute atomic E-state index is 0.312. The molecular weight excluding hydrogens is 287 g/mol. The molecule has 1 aliphatic heterocycles. The summed E-state index contributed by atoms with van der Waals surface area (Å²) < 4.78 is 19.3. The molecule has 1 aromatic rings. The molecule has 1 aromatic carbocycles. The van der Waals surface area contributed by atoms with E-state index in [1.165, 1.54) is 12.1 Å². The number of carbonyl (C=O) groups excluding carboxylic acids is 1. The Balaban J connectivity index is 2.56. The maximum Gasteiger partial charge on any atom is 0.131 e. The van der Waals surface area contributed by atoms with Crippen molar-refractivity contribution in [3.8, 4) is 5.75 Å². The molecule has 0 spiro atoms. The average Bonchev–Trinajstić information content (AvgIpc) is 2.49. The summed E-state index contributed by atoms with van der Waals surface area (Å²) in [6, 6.07) is 2.88. The lowest BCUT2D eigenvalue weighted by molar-refractivity contribution is -0.111. The van der Waals surface area contributed by atoms with Crippen molar-refractivity contribution in [1.82, 2.24) is 0 Å². The van der Waals surface area contributed by atoms with E-state index in [4.69, 9.17) is 4.74 Å². The molecule has 17 heavy (non-hydrogen) atoms. The summed E-state index contributed by atoms with van der Waals surface area (Å²) in [6.45, 7) is 3.70. The molecule has 0 radical (unpaired) electrons. The van der Waals surface area contributed by atoms with Crippen LogP contribution >= 0.6 is 15.9 Å². The standard InChI is InChI=1S/C13H14BrFO2/c1-13(2)11(7-16)10-6-9(15)5-8(3-4-14)12(10)17-13/h5-7,11H,3-4H2,1-2H3. The maximum absolute atomic E-state index is 13.5. The quantitative estimate of drug-likeness (QED) is 0.633. The average molecular weight is 301 g/mol. The van der Waals surface area contributed by atoms with Crippen molar-refractivity contribution >= 4 is 22.2 Å². The van der Waals surface area contributed by atoms with E-state index in [1.807, 2.05) is 13.8 Å². The normalized spacial score (nSPS) is 20.8. The van der Waals surface area contributed by atoms with Crippen LogP contribution in [0.2, 0.25) is 0 Å². The largest absolute Gasteiger partial charge is 0.486 e. The van der Waals surface area contributed by atoms with Gasteiger partial charge in [-0.15, -0.1) is 0 Å². The van der Waals surface area contributed by atoms with Crippen molar-refractivity contribution in [2.75, 3.05) is 5.33 Å². The highest BCUT2D eigenvalue weighted by Gasteiger charge is 2.42. The first-order chi connectivity index (χ1) is 7.99. The van der Waals surface area contributed by atoms with Crippen molar-refractivity contribution in [3.05, 3.63) is 29.1 Å². The van der Waals surface area contributed by atoms with E-state index >= 15 is 0 Å². The highest BCUT2D eigenvalue weighted by Crippen LogP contribution is 2.45. The number of hydrogen-bond donors (Lipinski definition) is 0. The lowest BCUT2D eigenvalue weighted by Crippen LogP contribution is -2.31. The molecule has 0 saturated carbocycles. The first kappa shape index (κ1) is 12.6. The fourth-order valence-electron chi connectivity index (χ4n) is 2.25. The number of halogens is 2. The molecule has 0 N–H and O–H groups in total. The fraction of sp³-hybridized carbons (Fsp3) is 0.462. The van der Waals surface area contributed by atoms with Crippen LogP contribution < -0.4 is 4.74 Å². The van der Waals surface area contributed by atoms with Crippen LogP contribution in [0.5, 0.6) is 5.75 Å². The minimum Gasteiger partial charge on any atom is -0.486 e. The maximum atomic E-state index is 13.5. The third-order valence-electron chi connectivity index (χ3n) is 3.11. The second kappa shape index (κ2) is 4.41. The Bertz CT molecular complexity index is 457. The van der Waals surface area contributed by atoms with Gasteiger partial charge in [0.2, 0.25) is 0 Å². The minimum atomic E-state index is -0.598. The number of rotatable bonds is 3. The van der Waals surface area contributed by atoms with Gasteiger partial charge in [0.25, 0.3) is 0 Å². The summed E-state index contributed by atoms with van der Waals surface area (Å²) in [7, 11) is 0. The van der Waals surface area contributed by atoms with Gasteiger partial charge in [-0.05, 0) is 38.0 Å². The zero-order chi connectivity index (χ0) is 12.6. The number of aryl methyl sites for hydroxylation is 1. The van der Waals surface area contributed by atoms with Crippen LogP contribution in [0, 0.1) is 5.82 Å². The molecule has 4 heteroatoms. The summed E-state index contributed by atoms with van der Waals surface area (Å²) in [5.74, 6) is -0.0388. The molecule has 0 fully saturated rings. The van der Waals surface area contributed by atoms with E-state index < -0.39 is 11.5 Å². The topological polar surface area (TPSA) is 26.3 Å². The number of alkyl halides is 1. The van der Waals surface area contributed by atoms with Crippen molar-refractivity contribution in [2.24, 2.45) is 0 Å². The number of aldehydes is 1. The summed E-state index contributed by atoms with van der Waals surface area (Å²) in [5.41, 5.74) is 0.883. The molecule has 0 saturated heterocycles. The van der Waals surface area contributed by atoms with Crippen LogP contribution in [0.15, 0.2) is 12.1 Å². The summed E-state index contributed by atoms with van der Waals surface area (Å²) in [6.07, 6.45) is 1.52. The zero-order valence-corrected chi connectivity index (χ0v) is 11.4. The summed E-state index contributed by atoms with van der Waals surface area (Å²) >= 11 is 3.33. The number of carbonyl (C=O) groups is 1. The Kier molecular flexibility index (Phi) is 3.25. The van der Waals surface area contributed by atoms with Gasteiger partial charge in [-0.2, -0.15) is 0 Å². The summed E-state index contributed by atoms with van der Waals surface area (Å²) in [5, 5.41) is 0.735. The molecule has 92 valence electrons. The van der Waals surface area contributed by atoms with Crippen LogP contribution in [0.4, 0.5) is 4.39 Å². The van der Waals surface area contributed by atoms with Crippen LogP contribution in [0.25, 0.3) is 0 Å². The van der Waals surface area contributed by atoms with Gasteiger partial charge >= 0.3 is 0 Å². The van der Waals surface area contributed by atoms with Gasteiger partial charge in [-0.3, -0.25) is 0 Å². The fourth-order valence-corrected chi connectivity index (χ4v) is 2.68. The molecule has 0 bridgehead atoms. The lowest BCUT2D eigenvalue weighted by atomic mass is 9.87.